The van der Waals surface area contributed by atoms with Crippen LogP contribution in [0.1, 0.15) is 12.8 Å². The molecule has 1 fully saturated rings. The van der Waals surface area contributed by atoms with Gasteiger partial charge in [-0.1, -0.05) is 0 Å². The highest BCUT2D eigenvalue weighted by molar-refractivity contribution is 9.10. The van der Waals surface area contributed by atoms with Gasteiger partial charge < -0.3 is 10.2 Å². The van der Waals surface area contributed by atoms with E-state index >= 15 is 0 Å². The minimum Gasteiger partial charge on any atom is -0.364 e. The molecule has 0 aromatic carbocycles. The van der Waals surface area contributed by atoms with Crippen molar-refractivity contribution in [2.45, 2.75) is 18.9 Å². The van der Waals surface area contributed by atoms with Crippen LogP contribution in [0.2, 0.25) is 0 Å². The summed E-state index contributed by atoms with van der Waals surface area (Å²) >= 11 is 3.19. The molecule has 1 aliphatic rings. The summed E-state index contributed by atoms with van der Waals surface area (Å²) in [6.07, 6.45) is 3.83. The average Bonchev–Trinajstić information content (AvgIpc) is 2.22. The van der Waals surface area contributed by atoms with E-state index in [4.69, 9.17) is 0 Å². The number of hydrogen-bond donors (Lipinski definition) is 1. The molecule has 0 spiro atoms. The summed E-state index contributed by atoms with van der Waals surface area (Å²) in [5.41, 5.74) is 0. The Morgan fingerprint density at radius 1 is 1.62 bits per heavy atom. The number of nitrogens with one attached hydrogen (secondary N) is 1. The van der Waals surface area contributed by atoms with Gasteiger partial charge >= 0.3 is 0 Å². The van der Waals surface area contributed by atoms with Crippen LogP contribution in [0.25, 0.3) is 0 Å². The zero-order chi connectivity index (χ0) is 11.5. The van der Waals surface area contributed by atoms with Crippen molar-refractivity contribution >= 4 is 21.7 Å². The van der Waals surface area contributed by atoms with E-state index in [9.17, 15) is 4.39 Å². The maximum absolute atomic E-state index is 13.5. The summed E-state index contributed by atoms with van der Waals surface area (Å²) in [5, 5.41) is 3.16. The molecule has 16 heavy (non-hydrogen) atoms. The predicted molar refractivity (Wildman–Crippen MR) is 66.0 cm³/mol. The zero-order valence-corrected chi connectivity index (χ0v) is 10.8. The second-order valence-electron chi connectivity index (χ2n) is 4.23. The van der Waals surface area contributed by atoms with Gasteiger partial charge in [-0.25, -0.2) is 9.37 Å². The molecule has 1 saturated heterocycles. The number of rotatable bonds is 2. The van der Waals surface area contributed by atoms with Crippen molar-refractivity contribution in [1.29, 1.82) is 0 Å². The van der Waals surface area contributed by atoms with E-state index in [0.717, 1.165) is 25.9 Å². The Hall–Kier alpha value is -0.680. The first-order valence-corrected chi connectivity index (χ1v) is 6.20. The number of likely N-dealkylation sites (tertiary alicyclic amines) is 1. The van der Waals surface area contributed by atoms with Crippen LogP contribution in [0, 0.1) is 5.82 Å². The van der Waals surface area contributed by atoms with E-state index in [1.165, 1.54) is 6.07 Å². The first-order chi connectivity index (χ1) is 7.65. The van der Waals surface area contributed by atoms with Crippen molar-refractivity contribution in [3.8, 4) is 0 Å². The highest BCUT2D eigenvalue weighted by atomic mass is 79.9. The van der Waals surface area contributed by atoms with E-state index in [1.807, 2.05) is 0 Å². The quantitative estimate of drug-likeness (QED) is 0.906. The zero-order valence-electron chi connectivity index (χ0n) is 9.21. The minimum atomic E-state index is -0.303. The van der Waals surface area contributed by atoms with Gasteiger partial charge in [-0.05, 0) is 48.4 Å². The van der Waals surface area contributed by atoms with Crippen molar-refractivity contribution < 1.29 is 4.39 Å². The van der Waals surface area contributed by atoms with E-state index in [-0.39, 0.29) is 5.82 Å². The maximum Gasteiger partial charge on any atom is 0.166 e. The van der Waals surface area contributed by atoms with Crippen LogP contribution in [0.3, 0.4) is 0 Å². The largest absolute Gasteiger partial charge is 0.364 e. The Morgan fingerprint density at radius 2 is 2.44 bits per heavy atom. The Labute approximate surface area is 103 Å². The first kappa shape index (κ1) is 11.8. The molecular formula is C11H15BrFN3. The number of pyridine rings is 1. The molecule has 1 unspecified atom stereocenters. The third kappa shape index (κ3) is 2.92. The molecule has 1 N–H and O–H groups in total. The lowest BCUT2D eigenvalue weighted by Gasteiger charge is -2.30. The van der Waals surface area contributed by atoms with Crippen molar-refractivity contribution in [1.82, 2.24) is 9.88 Å². The van der Waals surface area contributed by atoms with Crippen LogP contribution < -0.4 is 5.32 Å². The molecule has 0 saturated carbocycles. The Morgan fingerprint density at radius 3 is 3.12 bits per heavy atom. The Bertz CT molecular complexity index is 372. The van der Waals surface area contributed by atoms with Gasteiger partial charge in [0.2, 0.25) is 0 Å². The van der Waals surface area contributed by atoms with Crippen molar-refractivity contribution in [3.05, 3.63) is 22.6 Å². The van der Waals surface area contributed by atoms with Crippen LogP contribution in [0.15, 0.2) is 16.7 Å². The number of nitrogens with zero attached hydrogens (tertiary/aromatic N) is 2. The van der Waals surface area contributed by atoms with Crippen LogP contribution >= 0.6 is 15.9 Å². The van der Waals surface area contributed by atoms with Gasteiger partial charge in [-0.2, -0.15) is 0 Å². The lowest BCUT2D eigenvalue weighted by molar-refractivity contribution is 0.260. The summed E-state index contributed by atoms with van der Waals surface area (Å²) in [5.74, 6) is 0.0473. The maximum atomic E-state index is 13.5. The molecule has 1 aromatic heterocycles. The normalized spacial score (nSPS) is 22.1. The van der Waals surface area contributed by atoms with Gasteiger partial charge in [0.15, 0.2) is 11.6 Å². The van der Waals surface area contributed by atoms with E-state index < -0.39 is 0 Å². The van der Waals surface area contributed by atoms with E-state index in [0.29, 0.717) is 16.3 Å². The van der Waals surface area contributed by atoms with E-state index in [1.54, 1.807) is 6.20 Å². The molecule has 0 amide bonds. The molecule has 5 heteroatoms. The molecule has 1 aliphatic heterocycles. The van der Waals surface area contributed by atoms with Crippen molar-refractivity contribution in [3.63, 3.8) is 0 Å². The van der Waals surface area contributed by atoms with Crippen LogP contribution in [0.5, 0.6) is 0 Å². The molecule has 1 atom stereocenters. The Kier molecular flexibility index (Phi) is 3.76. The minimum absolute atomic E-state index is 0.293. The van der Waals surface area contributed by atoms with Gasteiger partial charge in [0.1, 0.15) is 0 Å². The monoisotopic (exact) mass is 287 g/mol. The molecule has 0 radical (unpaired) electrons. The number of anilines is 1. The number of likely N-dealkylation sites (N-methyl/N-ethyl adjacent to an activating group) is 1. The van der Waals surface area contributed by atoms with Gasteiger partial charge in [-0.3, -0.25) is 0 Å². The Balaban J connectivity index is 2.02. The first-order valence-electron chi connectivity index (χ1n) is 5.41. The second kappa shape index (κ2) is 5.10. The summed E-state index contributed by atoms with van der Waals surface area (Å²) in [7, 11) is 2.08. The third-order valence-corrected chi connectivity index (χ3v) is 3.21. The number of hydrogen-bond acceptors (Lipinski definition) is 3. The fraction of sp³-hybridized carbons (Fsp3) is 0.545. The summed E-state index contributed by atoms with van der Waals surface area (Å²) in [6, 6.07) is 1.73. The van der Waals surface area contributed by atoms with Gasteiger partial charge in [0.25, 0.3) is 0 Å². The summed E-state index contributed by atoms with van der Waals surface area (Å²) < 4.78 is 14.2. The number of aromatic nitrogens is 1. The van der Waals surface area contributed by atoms with E-state index in [2.05, 4.69) is 38.2 Å². The number of halogens is 2. The second-order valence-corrected chi connectivity index (χ2v) is 5.15. The van der Waals surface area contributed by atoms with Gasteiger partial charge in [-0.15, -0.1) is 0 Å². The molecule has 3 nitrogen and oxygen atoms in total. The molecule has 88 valence electrons. The molecule has 0 aliphatic carbocycles. The SMILES string of the molecule is CN1CCCC(Nc2ncc(Br)cc2F)C1. The lowest BCUT2D eigenvalue weighted by Crippen LogP contribution is -2.40. The standard InChI is InChI=1S/C11H15BrFN3/c1-16-4-2-3-9(7-16)15-11-10(13)5-8(12)6-14-11/h5-6,9H,2-4,7H2,1H3,(H,14,15). The van der Waals surface area contributed by atoms with Crippen LogP contribution in [0.4, 0.5) is 10.2 Å². The highest BCUT2D eigenvalue weighted by Gasteiger charge is 2.18. The molecule has 2 rings (SSSR count). The molecule has 2 heterocycles. The van der Waals surface area contributed by atoms with Crippen molar-refractivity contribution in [2.24, 2.45) is 0 Å². The fourth-order valence-corrected chi connectivity index (χ4v) is 2.30. The molecule has 0 bridgehead atoms. The smallest absolute Gasteiger partial charge is 0.166 e. The lowest BCUT2D eigenvalue weighted by atomic mass is 10.1. The summed E-state index contributed by atoms with van der Waals surface area (Å²) in [4.78, 5) is 6.29. The van der Waals surface area contributed by atoms with Crippen LogP contribution in [-0.4, -0.2) is 36.1 Å². The van der Waals surface area contributed by atoms with Crippen molar-refractivity contribution in [2.75, 3.05) is 25.5 Å². The number of piperidine rings is 1. The predicted octanol–water partition coefficient (Wildman–Crippen LogP) is 2.49. The topological polar surface area (TPSA) is 28.2 Å². The average molecular weight is 288 g/mol. The molecular weight excluding hydrogens is 273 g/mol. The van der Waals surface area contributed by atoms with Gasteiger partial charge in [0.05, 0.1) is 0 Å². The van der Waals surface area contributed by atoms with Gasteiger partial charge in [0, 0.05) is 23.3 Å². The summed E-state index contributed by atoms with van der Waals surface area (Å²) in [6.45, 7) is 2.06. The highest BCUT2D eigenvalue weighted by Crippen LogP contribution is 2.19. The molecule has 1 aromatic rings. The van der Waals surface area contributed by atoms with Crippen LogP contribution in [-0.2, 0) is 0 Å². The third-order valence-electron chi connectivity index (χ3n) is 2.77. The fourth-order valence-electron chi connectivity index (χ4n) is 2.00.